The smallest absolute Gasteiger partial charge is 0.325 e. The number of hydrogen-bond acceptors (Lipinski definition) is 3. The molecule has 6 nitrogen and oxygen atoms in total. The van der Waals surface area contributed by atoms with E-state index in [4.69, 9.17) is 0 Å². The minimum atomic E-state index is -0.521. The van der Waals surface area contributed by atoms with Crippen LogP contribution in [0.15, 0.2) is 46.1 Å². The molecule has 0 bridgehead atoms. The fraction of sp³-hybridized carbons (Fsp3) is 0.476. The third-order valence-corrected chi connectivity index (χ3v) is 5.86. The number of H-pyrrole nitrogens is 2. The Morgan fingerprint density at radius 3 is 2.33 bits per heavy atom. The Morgan fingerprint density at radius 2 is 1.70 bits per heavy atom. The van der Waals surface area contributed by atoms with Crippen molar-refractivity contribution >= 4 is 5.91 Å². The Bertz CT molecular complexity index is 906. The second-order valence-corrected chi connectivity index (χ2v) is 7.75. The number of carbonyl (C=O) groups excluding carboxylic acids is 1. The molecule has 0 saturated heterocycles. The van der Waals surface area contributed by atoms with Gasteiger partial charge in [0.1, 0.15) is 0 Å². The standard InChI is InChI=1S/C21H25N3O3/c25-19-17(12-22-21(27)23-19)13-24(20(26)16-6-7-16)18-10-8-15(9-11-18)14-4-2-1-3-5-14/h1-5,12,15-16,18H,6-11,13H2,(H2,22,23,25,27). The molecule has 1 heterocycles. The Morgan fingerprint density at radius 1 is 1.00 bits per heavy atom. The molecule has 2 saturated carbocycles. The second kappa shape index (κ2) is 7.55. The molecule has 1 aromatic carbocycles. The van der Waals surface area contributed by atoms with E-state index in [2.05, 4.69) is 34.2 Å². The van der Waals surface area contributed by atoms with E-state index in [1.54, 1.807) is 0 Å². The minimum Gasteiger partial charge on any atom is -0.335 e. The van der Waals surface area contributed by atoms with Gasteiger partial charge in [-0.1, -0.05) is 30.3 Å². The summed E-state index contributed by atoms with van der Waals surface area (Å²) in [7, 11) is 0. The Hall–Kier alpha value is -2.63. The summed E-state index contributed by atoms with van der Waals surface area (Å²) in [4.78, 5) is 42.9. The molecule has 2 aliphatic carbocycles. The lowest BCUT2D eigenvalue weighted by molar-refractivity contribution is -0.136. The maximum absolute atomic E-state index is 12.9. The van der Waals surface area contributed by atoms with Crippen LogP contribution in [-0.4, -0.2) is 26.8 Å². The normalized spacial score (nSPS) is 22.4. The summed E-state index contributed by atoms with van der Waals surface area (Å²) in [5.41, 5.74) is 0.874. The predicted molar refractivity (Wildman–Crippen MR) is 102 cm³/mol. The summed E-state index contributed by atoms with van der Waals surface area (Å²) in [5, 5.41) is 0. The van der Waals surface area contributed by atoms with Crippen molar-refractivity contribution in [1.29, 1.82) is 0 Å². The first-order valence-corrected chi connectivity index (χ1v) is 9.78. The fourth-order valence-corrected chi connectivity index (χ4v) is 4.14. The van der Waals surface area contributed by atoms with Crippen LogP contribution >= 0.6 is 0 Å². The summed E-state index contributed by atoms with van der Waals surface area (Å²) in [6.07, 6.45) is 7.30. The molecule has 0 atom stereocenters. The highest BCUT2D eigenvalue weighted by atomic mass is 16.2. The summed E-state index contributed by atoms with van der Waals surface area (Å²) in [6.45, 7) is 0.266. The molecule has 0 unspecified atom stereocenters. The van der Waals surface area contributed by atoms with Gasteiger partial charge in [-0.2, -0.15) is 0 Å². The summed E-state index contributed by atoms with van der Waals surface area (Å²) < 4.78 is 0. The second-order valence-electron chi connectivity index (χ2n) is 7.75. The monoisotopic (exact) mass is 367 g/mol. The molecule has 6 heteroatoms. The lowest BCUT2D eigenvalue weighted by atomic mass is 9.81. The van der Waals surface area contributed by atoms with Gasteiger partial charge >= 0.3 is 5.69 Å². The van der Waals surface area contributed by atoms with Gasteiger partial charge in [-0.25, -0.2) is 4.79 Å². The van der Waals surface area contributed by atoms with E-state index >= 15 is 0 Å². The zero-order valence-electron chi connectivity index (χ0n) is 15.3. The molecule has 2 aliphatic rings. The van der Waals surface area contributed by atoms with Gasteiger partial charge in [0, 0.05) is 18.2 Å². The molecule has 1 amide bonds. The van der Waals surface area contributed by atoms with Crippen LogP contribution in [0.25, 0.3) is 0 Å². The zero-order chi connectivity index (χ0) is 18.8. The van der Waals surface area contributed by atoms with E-state index in [1.165, 1.54) is 11.8 Å². The summed E-state index contributed by atoms with van der Waals surface area (Å²) in [6, 6.07) is 10.7. The van der Waals surface area contributed by atoms with Gasteiger partial charge in [-0.15, -0.1) is 0 Å². The Kier molecular flexibility index (Phi) is 4.97. The van der Waals surface area contributed by atoms with E-state index in [1.807, 2.05) is 11.0 Å². The summed E-state index contributed by atoms with van der Waals surface area (Å²) in [5.74, 6) is 0.805. The van der Waals surface area contributed by atoms with Crippen molar-refractivity contribution in [3.8, 4) is 0 Å². The van der Waals surface area contributed by atoms with E-state index < -0.39 is 11.2 Å². The molecule has 0 spiro atoms. The first kappa shape index (κ1) is 17.8. The largest absolute Gasteiger partial charge is 0.335 e. The maximum Gasteiger partial charge on any atom is 0.325 e. The van der Waals surface area contributed by atoms with Crippen molar-refractivity contribution in [2.45, 2.75) is 57.0 Å². The third kappa shape index (κ3) is 4.04. The molecule has 0 aliphatic heterocycles. The number of aromatic nitrogens is 2. The van der Waals surface area contributed by atoms with Crippen molar-refractivity contribution in [1.82, 2.24) is 14.9 Å². The quantitative estimate of drug-likeness (QED) is 0.851. The van der Waals surface area contributed by atoms with E-state index in [0.29, 0.717) is 11.5 Å². The van der Waals surface area contributed by atoms with Crippen molar-refractivity contribution in [2.75, 3.05) is 0 Å². The van der Waals surface area contributed by atoms with E-state index in [-0.39, 0.29) is 24.4 Å². The Labute approximate surface area is 157 Å². The molecule has 4 rings (SSSR count). The number of hydrogen-bond donors (Lipinski definition) is 2. The van der Waals surface area contributed by atoms with Crippen LogP contribution in [0.2, 0.25) is 0 Å². The lowest BCUT2D eigenvalue weighted by Gasteiger charge is -2.37. The van der Waals surface area contributed by atoms with Gasteiger partial charge in [0.25, 0.3) is 5.56 Å². The molecule has 0 radical (unpaired) electrons. The molecular weight excluding hydrogens is 342 g/mol. The molecule has 27 heavy (non-hydrogen) atoms. The van der Waals surface area contributed by atoms with Crippen LogP contribution in [0.1, 0.15) is 55.6 Å². The molecule has 1 aromatic heterocycles. The van der Waals surface area contributed by atoms with Crippen molar-refractivity contribution in [2.24, 2.45) is 5.92 Å². The minimum absolute atomic E-state index is 0.110. The third-order valence-electron chi connectivity index (χ3n) is 5.86. The van der Waals surface area contributed by atoms with E-state index in [0.717, 1.165) is 38.5 Å². The molecular formula is C21H25N3O3. The highest BCUT2D eigenvalue weighted by Crippen LogP contribution is 2.38. The van der Waals surface area contributed by atoms with Gasteiger partial charge < -0.3 is 9.88 Å². The highest BCUT2D eigenvalue weighted by Gasteiger charge is 2.38. The number of amides is 1. The van der Waals surface area contributed by atoms with Gasteiger partial charge in [-0.05, 0) is 50.0 Å². The van der Waals surface area contributed by atoms with Crippen molar-refractivity contribution < 1.29 is 4.79 Å². The molecule has 2 aromatic rings. The van der Waals surface area contributed by atoms with E-state index in [9.17, 15) is 14.4 Å². The van der Waals surface area contributed by atoms with Crippen molar-refractivity contribution in [3.05, 3.63) is 68.5 Å². The maximum atomic E-state index is 12.9. The molecule has 142 valence electrons. The van der Waals surface area contributed by atoms with Gasteiger partial charge in [0.2, 0.25) is 5.91 Å². The van der Waals surface area contributed by atoms with Crippen LogP contribution in [0, 0.1) is 5.92 Å². The molecule has 2 N–H and O–H groups in total. The van der Waals surface area contributed by atoms with Crippen molar-refractivity contribution in [3.63, 3.8) is 0 Å². The number of nitrogens with one attached hydrogen (secondary N) is 2. The van der Waals surface area contributed by atoms with Crippen LogP contribution in [0.4, 0.5) is 0 Å². The van der Waals surface area contributed by atoms with Crippen LogP contribution < -0.4 is 11.2 Å². The van der Waals surface area contributed by atoms with Gasteiger partial charge in [-0.3, -0.25) is 14.6 Å². The van der Waals surface area contributed by atoms with Gasteiger partial charge in [0.05, 0.1) is 12.1 Å². The number of carbonyl (C=O) groups is 1. The van der Waals surface area contributed by atoms with Gasteiger partial charge in [0.15, 0.2) is 0 Å². The first-order valence-electron chi connectivity index (χ1n) is 9.78. The Balaban J connectivity index is 1.49. The SMILES string of the molecule is O=C(C1CC1)N(Cc1c[nH]c(=O)[nH]c1=O)C1CCC(c2ccccc2)CC1. The lowest BCUT2D eigenvalue weighted by Crippen LogP contribution is -2.44. The summed E-state index contributed by atoms with van der Waals surface area (Å²) >= 11 is 0. The fourth-order valence-electron chi connectivity index (χ4n) is 4.14. The van der Waals surface area contributed by atoms with Crippen LogP contribution in [0.5, 0.6) is 0 Å². The number of nitrogens with zero attached hydrogens (tertiary/aromatic N) is 1. The average Bonchev–Trinajstić information content (AvgIpc) is 3.53. The average molecular weight is 367 g/mol. The zero-order valence-corrected chi connectivity index (χ0v) is 15.3. The predicted octanol–water partition coefficient (Wildman–Crippen LogP) is 2.53. The first-order chi connectivity index (χ1) is 13.1. The molecule has 2 fully saturated rings. The topological polar surface area (TPSA) is 86.0 Å². The number of rotatable bonds is 5. The van der Waals surface area contributed by atoms with Crippen LogP contribution in [0.3, 0.4) is 0 Å². The number of aromatic amines is 2. The van der Waals surface area contributed by atoms with Crippen LogP contribution in [-0.2, 0) is 11.3 Å². The highest BCUT2D eigenvalue weighted by molar-refractivity contribution is 5.81. The number of benzene rings is 1.